The fraction of sp³-hybridized carbons (Fsp3) is 0.558. The average Bonchev–Trinajstić information content (AvgIpc) is 3.13. The Labute approximate surface area is 296 Å². The summed E-state index contributed by atoms with van der Waals surface area (Å²) >= 11 is 0. The monoisotopic (exact) mass is 659 g/mol. The molecule has 0 radical (unpaired) electrons. The summed E-state index contributed by atoms with van der Waals surface area (Å²) in [4.78, 5) is 19.2. The molecule has 5 heteroatoms. The molecule has 1 amide bonds. The lowest BCUT2D eigenvalue weighted by molar-refractivity contribution is 0.102. The molecule has 0 spiro atoms. The van der Waals surface area contributed by atoms with E-state index in [1.165, 1.54) is 38.5 Å². The van der Waals surface area contributed by atoms with E-state index in [-0.39, 0.29) is 5.91 Å². The first-order valence-corrected chi connectivity index (χ1v) is 18.8. The van der Waals surface area contributed by atoms with E-state index in [1.54, 1.807) is 12.3 Å². The predicted octanol–water partition coefficient (Wildman–Crippen LogP) is 13.0. The molecular weight excluding hydrogens is 589 g/mol. The third-order valence-electron chi connectivity index (χ3n) is 7.62. The Bertz CT molecular complexity index is 1200. The Hall–Kier alpha value is -3.65. The third-order valence-corrected chi connectivity index (χ3v) is 7.62. The van der Waals surface area contributed by atoms with E-state index in [4.69, 9.17) is 5.26 Å². The van der Waals surface area contributed by atoms with Crippen molar-refractivity contribution < 1.29 is 4.79 Å². The minimum Gasteiger partial charge on any atom is -0.357 e. The molecule has 0 saturated carbocycles. The summed E-state index contributed by atoms with van der Waals surface area (Å²) in [6.07, 6.45) is 20.6. The van der Waals surface area contributed by atoms with Crippen molar-refractivity contribution in [1.29, 1.82) is 5.26 Å². The van der Waals surface area contributed by atoms with Crippen LogP contribution in [0.25, 0.3) is 6.08 Å². The highest BCUT2D eigenvalue weighted by atomic mass is 16.1. The van der Waals surface area contributed by atoms with Gasteiger partial charge < -0.3 is 10.2 Å². The molecule has 48 heavy (non-hydrogen) atoms. The van der Waals surface area contributed by atoms with E-state index in [2.05, 4.69) is 95.4 Å². The maximum absolute atomic E-state index is 12.5. The molecule has 1 aromatic carbocycles. The van der Waals surface area contributed by atoms with E-state index in [0.717, 1.165) is 66.5 Å². The van der Waals surface area contributed by atoms with Crippen molar-refractivity contribution in [3.63, 3.8) is 0 Å². The zero-order chi connectivity index (χ0) is 36.7. The van der Waals surface area contributed by atoms with Gasteiger partial charge in [-0.25, -0.2) is 4.98 Å². The minimum absolute atomic E-state index is 0.152. The van der Waals surface area contributed by atoms with Crippen molar-refractivity contribution in [2.45, 2.75) is 134 Å². The molecule has 2 unspecified atom stereocenters. The molecule has 1 N–H and O–H groups in total. The summed E-state index contributed by atoms with van der Waals surface area (Å²) < 4.78 is 0. The molecule has 3 rings (SSSR count). The van der Waals surface area contributed by atoms with Crippen molar-refractivity contribution in [1.82, 2.24) is 4.98 Å². The maximum Gasteiger partial charge on any atom is 0.257 e. The number of amides is 1. The average molecular weight is 659 g/mol. The first-order valence-electron chi connectivity index (χ1n) is 18.8. The van der Waals surface area contributed by atoms with Crippen LogP contribution in [0.3, 0.4) is 0 Å². The van der Waals surface area contributed by atoms with Crippen LogP contribution in [0.4, 0.5) is 11.5 Å². The van der Waals surface area contributed by atoms with Gasteiger partial charge in [-0.15, -0.1) is 0 Å². The van der Waals surface area contributed by atoms with E-state index in [0.29, 0.717) is 11.5 Å². The van der Waals surface area contributed by atoms with E-state index < -0.39 is 0 Å². The number of hydrogen-bond donors (Lipinski definition) is 1. The Morgan fingerprint density at radius 2 is 1.62 bits per heavy atom. The van der Waals surface area contributed by atoms with Crippen LogP contribution < -0.4 is 10.2 Å². The van der Waals surface area contributed by atoms with Crippen LogP contribution in [0, 0.1) is 30.1 Å². The number of pyridine rings is 1. The van der Waals surface area contributed by atoms with Crippen molar-refractivity contribution in [3.8, 4) is 6.07 Å². The van der Waals surface area contributed by atoms with Crippen LogP contribution in [0.5, 0.6) is 0 Å². The van der Waals surface area contributed by atoms with Gasteiger partial charge in [0.2, 0.25) is 0 Å². The highest BCUT2D eigenvalue weighted by Crippen LogP contribution is 2.29. The molecule has 0 bridgehead atoms. The molecular formula is C43H70N4O. The number of benzene rings is 1. The molecule has 268 valence electrons. The Balaban J connectivity index is 0. The standard InChI is InChI=1S/C21H27N3O.C13H19N.C4H10.C3H8.C2H6/c1-5-12-24(13-6-2)20-11-10-18(15-22-20)21(25)23-19-14-17(7-3)9-8-16(19)4;1-3-5-12(4-2)13-8-6-11(10-14)7-9-13;1-3-4-2;1-3-2;1-2/h7-11,14-15H,3,5-6,12-13H2,1-2,4H3,(H,23,25);6-8,12-13H,3-5,9H2,1-2H3;3-4H2,1-2H3;3H2,1-2H3;1-2H3. The van der Waals surface area contributed by atoms with E-state index in [1.807, 2.05) is 57.2 Å². The highest BCUT2D eigenvalue weighted by molar-refractivity contribution is 6.04. The SMILES string of the molecule is C=Cc1ccc(C)c(NC(=O)c2ccc(N(CCC)CCC)nc2)c1.CC.CCC.CCCC.CCCC(CC)C1C=CC(C#N)=CC1. The van der Waals surface area contributed by atoms with Gasteiger partial charge in [-0.2, -0.15) is 5.26 Å². The first-order chi connectivity index (χ1) is 23.2. The van der Waals surface area contributed by atoms with Crippen molar-refractivity contribution >= 4 is 23.5 Å². The summed E-state index contributed by atoms with van der Waals surface area (Å²) in [7, 11) is 0. The quantitative estimate of drug-likeness (QED) is 0.232. The van der Waals surface area contributed by atoms with Crippen LogP contribution in [0.1, 0.15) is 149 Å². The fourth-order valence-electron chi connectivity index (χ4n) is 4.85. The second kappa shape index (κ2) is 30.7. The van der Waals surface area contributed by atoms with Crippen LogP contribution in [0.2, 0.25) is 0 Å². The minimum atomic E-state index is -0.152. The smallest absolute Gasteiger partial charge is 0.257 e. The summed E-state index contributed by atoms with van der Waals surface area (Å²) in [5.41, 5.74) is 4.17. The largest absolute Gasteiger partial charge is 0.357 e. The molecule has 0 saturated heterocycles. The van der Waals surface area contributed by atoms with Crippen molar-refractivity contribution in [2.75, 3.05) is 23.3 Å². The molecule has 0 aliphatic heterocycles. The van der Waals surface area contributed by atoms with Crippen LogP contribution in [-0.4, -0.2) is 24.0 Å². The predicted molar refractivity (Wildman–Crippen MR) is 214 cm³/mol. The summed E-state index contributed by atoms with van der Waals surface area (Å²) in [5.74, 6) is 2.23. The van der Waals surface area contributed by atoms with Gasteiger partial charge in [-0.3, -0.25) is 4.79 Å². The number of carbonyl (C=O) groups is 1. The number of hydrogen-bond acceptors (Lipinski definition) is 4. The summed E-state index contributed by atoms with van der Waals surface area (Å²) in [6.45, 7) is 29.1. The zero-order valence-corrected chi connectivity index (χ0v) is 32.7. The number of nitriles is 1. The lowest BCUT2D eigenvalue weighted by Crippen LogP contribution is -2.26. The van der Waals surface area contributed by atoms with Crippen LogP contribution >= 0.6 is 0 Å². The number of aryl methyl sites for hydroxylation is 1. The molecule has 1 aromatic heterocycles. The molecule has 0 fully saturated rings. The Morgan fingerprint density at radius 3 is 2.04 bits per heavy atom. The van der Waals surface area contributed by atoms with E-state index >= 15 is 0 Å². The Morgan fingerprint density at radius 1 is 1.00 bits per heavy atom. The lowest BCUT2D eigenvalue weighted by atomic mass is 9.81. The van der Waals surface area contributed by atoms with Gasteiger partial charge in [0.25, 0.3) is 5.91 Å². The lowest BCUT2D eigenvalue weighted by Gasteiger charge is -2.23. The first kappa shape index (κ1) is 46.5. The summed E-state index contributed by atoms with van der Waals surface area (Å²) in [5, 5.41) is 11.7. The van der Waals surface area contributed by atoms with Gasteiger partial charge in [0, 0.05) is 30.5 Å². The number of aromatic nitrogens is 1. The topological polar surface area (TPSA) is 69.0 Å². The van der Waals surface area contributed by atoms with Gasteiger partial charge >= 0.3 is 0 Å². The number of allylic oxidation sites excluding steroid dienone is 4. The number of unbranched alkanes of at least 4 members (excludes halogenated alkanes) is 1. The highest BCUT2D eigenvalue weighted by Gasteiger charge is 2.18. The molecule has 1 aliphatic carbocycles. The zero-order valence-electron chi connectivity index (χ0n) is 32.7. The second-order valence-corrected chi connectivity index (χ2v) is 11.8. The number of carbonyl (C=O) groups excluding carboxylic acids is 1. The molecule has 2 aromatic rings. The van der Waals surface area contributed by atoms with Gasteiger partial charge in [-0.05, 0) is 73.4 Å². The van der Waals surface area contributed by atoms with Gasteiger partial charge in [0.05, 0.1) is 11.6 Å². The number of nitrogens with zero attached hydrogens (tertiary/aromatic N) is 3. The van der Waals surface area contributed by atoms with Crippen LogP contribution in [0.15, 0.2) is 66.9 Å². The number of rotatable bonds is 13. The number of nitrogens with one attached hydrogen (secondary N) is 1. The Kier molecular flexibility index (Phi) is 29.7. The van der Waals surface area contributed by atoms with Crippen LogP contribution in [-0.2, 0) is 0 Å². The number of anilines is 2. The van der Waals surface area contributed by atoms with Gasteiger partial charge in [0.15, 0.2) is 0 Å². The summed E-state index contributed by atoms with van der Waals surface area (Å²) in [6, 6.07) is 11.8. The molecule has 2 atom stereocenters. The molecule has 1 aliphatic rings. The van der Waals surface area contributed by atoms with Crippen molar-refractivity contribution in [3.05, 3.63) is 83.6 Å². The van der Waals surface area contributed by atoms with E-state index in [9.17, 15) is 4.79 Å². The molecule has 1 heterocycles. The normalized spacial score (nSPS) is 13.1. The van der Waals surface area contributed by atoms with Gasteiger partial charge in [0.1, 0.15) is 5.82 Å². The second-order valence-electron chi connectivity index (χ2n) is 11.8. The molecule has 5 nitrogen and oxygen atoms in total. The van der Waals surface area contributed by atoms with Crippen molar-refractivity contribution in [2.24, 2.45) is 11.8 Å². The third kappa shape index (κ3) is 19.2. The fourth-order valence-corrected chi connectivity index (χ4v) is 4.85. The van der Waals surface area contributed by atoms with Gasteiger partial charge in [-0.1, -0.05) is 145 Å². The maximum atomic E-state index is 12.5.